The maximum Gasteiger partial charge on any atom is 0.283 e. The van der Waals surface area contributed by atoms with E-state index in [2.05, 4.69) is 9.82 Å². The zero-order valence-electron chi connectivity index (χ0n) is 17.1. The van der Waals surface area contributed by atoms with Gasteiger partial charge in [0, 0.05) is 24.0 Å². The highest BCUT2D eigenvalue weighted by molar-refractivity contribution is 7.92. The van der Waals surface area contributed by atoms with E-state index in [0.29, 0.717) is 11.4 Å². The lowest BCUT2D eigenvalue weighted by atomic mass is 10.2. The number of rotatable bonds is 6. The van der Waals surface area contributed by atoms with Gasteiger partial charge in [0.1, 0.15) is 5.82 Å². The Balaban J connectivity index is 2.03. The van der Waals surface area contributed by atoms with Crippen molar-refractivity contribution in [2.75, 3.05) is 15.9 Å². The van der Waals surface area contributed by atoms with Crippen LogP contribution >= 0.6 is 0 Å². The van der Waals surface area contributed by atoms with E-state index in [0.717, 1.165) is 6.26 Å². The highest BCUT2D eigenvalue weighted by Crippen LogP contribution is 2.23. The summed E-state index contributed by atoms with van der Waals surface area (Å²) in [5.41, 5.74) is 0.266. The highest BCUT2D eigenvalue weighted by atomic mass is 32.2. The average molecular weight is 444 g/mol. The molecule has 1 N–H and O–H groups in total. The molecule has 1 amide bonds. The average Bonchev–Trinajstić information content (AvgIpc) is 2.68. The van der Waals surface area contributed by atoms with Crippen LogP contribution in [0, 0.1) is 5.82 Å². The van der Waals surface area contributed by atoms with Gasteiger partial charge in [-0.05, 0) is 56.3 Å². The number of hydrogen-bond acceptors (Lipinski definition) is 5. The predicted octanol–water partition coefficient (Wildman–Crippen LogP) is 2.80. The summed E-state index contributed by atoms with van der Waals surface area (Å²) < 4.78 is 40.0. The quantitative estimate of drug-likeness (QED) is 0.630. The minimum absolute atomic E-state index is 0.281. The fourth-order valence-electron chi connectivity index (χ4n) is 2.99. The first-order valence-electron chi connectivity index (χ1n) is 9.32. The number of nitrogens with one attached hydrogen (secondary N) is 1. The Morgan fingerprint density at radius 2 is 1.81 bits per heavy atom. The molecule has 0 bridgehead atoms. The van der Waals surface area contributed by atoms with Crippen molar-refractivity contribution in [1.29, 1.82) is 0 Å². The van der Waals surface area contributed by atoms with Crippen molar-refractivity contribution < 1.29 is 17.6 Å². The van der Waals surface area contributed by atoms with E-state index in [1.807, 2.05) is 0 Å². The summed E-state index contributed by atoms with van der Waals surface area (Å²) in [6, 6.07) is 12.6. The van der Waals surface area contributed by atoms with Gasteiger partial charge in [-0.1, -0.05) is 6.07 Å². The van der Waals surface area contributed by atoms with Crippen LogP contribution in [0.1, 0.15) is 24.3 Å². The van der Waals surface area contributed by atoms with E-state index in [9.17, 15) is 22.4 Å². The largest absolute Gasteiger partial charge is 0.304 e. The van der Waals surface area contributed by atoms with Gasteiger partial charge in [0.2, 0.25) is 15.5 Å². The number of sulfonamides is 1. The first-order valence-corrected chi connectivity index (χ1v) is 11.2. The van der Waals surface area contributed by atoms with Gasteiger partial charge < -0.3 is 4.90 Å². The van der Waals surface area contributed by atoms with E-state index in [-0.39, 0.29) is 17.4 Å². The van der Waals surface area contributed by atoms with E-state index >= 15 is 0 Å². The summed E-state index contributed by atoms with van der Waals surface area (Å²) in [5, 5.41) is 4.16. The monoisotopic (exact) mass is 444 g/mol. The summed E-state index contributed by atoms with van der Waals surface area (Å²) in [5.74, 6) is -1.07. The maximum atomic E-state index is 13.3. The summed E-state index contributed by atoms with van der Waals surface area (Å²) in [6.45, 7) is 3.52. The van der Waals surface area contributed by atoms with E-state index in [4.69, 9.17) is 0 Å². The molecule has 0 fully saturated rings. The van der Waals surface area contributed by atoms with Crippen LogP contribution in [-0.4, -0.2) is 36.4 Å². The molecule has 2 aromatic carbocycles. The third-order valence-corrected chi connectivity index (χ3v) is 4.87. The Labute approximate surface area is 179 Å². The Morgan fingerprint density at radius 3 is 2.42 bits per heavy atom. The zero-order valence-corrected chi connectivity index (χ0v) is 17.9. The van der Waals surface area contributed by atoms with Gasteiger partial charge in [0.05, 0.1) is 17.6 Å². The Hall–Kier alpha value is -3.53. The number of anilines is 2. The van der Waals surface area contributed by atoms with Crippen LogP contribution in [0.4, 0.5) is 15.8 Å². The molecule has 10 heteroatoms. The predicted molar refractivity (Wildman–Crippen MR) is 117 cm³/mol. The van der Waals surface area contributed by atoms with Crippen molar-refractivity contribution in [3.63, 3.8) is 0 Å². The molecule has 3 rings (SSSR count). The molecule has 162 valence electrons. The first kappa shape index (κ1) is 22.2. The maximum absolute atomic E-state index is 13.3. The summed E-state index contributed by atoms with van der Waals surface area (Å²) in [4.78, 5) is 27.1. The van der Waals surface area contributed by atoms with Crippen molar-refractivity contribution in [3.05, 3.63) is 82.5 Å². The molecular formula is C21H21FN4O4S. The fourth-order valence-corrected chi connectivity index (χ4v) is 3.55. The number of halogens is 1. The molecule has 31 heavy (non-hydrogen) atoms. The second-order valence-corrected chi connectivity index (χ2v) is 8.89. The molecule has 0 aliphatic carbocycles. The van der Waals surface area contributed by atoms with Gasteiger partial charge in [-0.3, -0.25) is 14.3 Å². The van der Waals surface area contributed by atoms with E-state index < -0.39 is 27.2 Å². The molecule has 0 atom stereocenters. The van der Waals surface area contributed by atoms with Crippen LogP contribution < -0.4 is 15.1 Å². The number of nitrogens with zero attached hydrogens (tertiary/aromatic N) is 3. The summed E-state index contributed by atoms with van der Waals surface area (Å²) in [7, 11) is -3.50. The number of benzene rings is 2. The van der Waals surface area contributed by atoms with Crippen molar-refractivity contribution in [2.24, 2.45) is 0 Å². The molecule has 0 aliphatic heterocycles. The number of aromatic nitrogens is 2. The first-order chi connectivity index (χ1) is 14.5. The van der Waals surface area contributed by atoms with Crippen LogP contribution in [0.5, 0.6) is 0 Å². The lowest BCUT2D eigenvalue weighted by Crippen LogP contribution is -2.40. The lowest BCUT2D eigenvalue weighted by Gasteiger charge is -2.27. The Kier molecular flexibility index (Phi) is 6.21. The summed E-state index contributed by atoms with van der Waals surface area (Å²) >= 11 is 0. The smallest absolute Gasteiger partial charge is 0.283 e. The van der Waals surface area contributed by atoms with Crippen molar-refractivity contribution in [3.8, 4) is 5.69 Å². The molecule has 3 aromatic rings. The molecule has 0 aliphatic rings. The third-order valence-electron chi connectivity index (χ3n) is 4.26. The molecule has 8 nitrogen and oxygen atoms in total. The Bertz CT molecular complexity index is 1270. The summed E-state index contributed by atoms with van der Waals surface area (Å²) in [6.07, 6.45) is 2.42. The van der Waals surface area contributed by atoms with Crippen LogP contribution in [-0.2, 0) is 10.0 Å². The number of hydrogen-bond donors (Lipinski definition) is 1. The molecule has 1 aromatic heterocycles. The molecule has 1 heterocycles. The third kappa shape index (κ3) is 5.34. The molecule has 0 unspecified atom stereocenters. The molecular weight excluding hydrogens is 423 g/mol. The molecule has 0 radical (unpaired) electrons. The van der Waals surface area contributed by atoms with Gasteiger partial charge in [-0.25, -0.2) is 17.5 Å². The Morgan fingerprint density at radius 1 is 1.13 bits per heavy atom. The zero-order chi connectivity index (χ0) is 22.8. The minimum Gasteiger partial charge on any atom is -0.304 e. The molecule has 0 saturated heterocycles. The van der Waals surface area contributed by atoms with Crippen LogP contribution in [0.2, 0.25) is 0 Å². The van der Waals surface area contributed by atoms with Crippen molar-refractivity contribution >= 4 is 27.3 Å². The second kappa shape index (κ2) is 8.68. The van der Waals surface area contributed by atoms with Gasteiger partial charge in [0.15, 0.2) is 5.69 Å². The molecule has 0 saturated carbocycles. The number of carbonyl (C=O) groups is 1. The lowest BCUT2D eigenvalue weighted by molar-refractivity contribution is 0.0972. The topological polar surface area (TPSA) is 101 Å². The highest BCUT2D eigenvalue weighted by Gasteiger charge is 2.25. The van der Waals surface area contributed by atoms with Crippen LogP contribution in [0.25, 0.3) is 5.69 Å². The molecule has 0 spiro atoms. The second-order valence-electron chi connectivity index (χ2n) is 7.14. The van der Waals surface area contributed by atoms with Gasteiger partial charge >= 0.3 is 0 Å². The number of carbonyl (C=O) groups excluding carboxylic acids is 1. The van der Waals surface area contributed by atoms with E-state index in [1.54, 1.807) is 32.0 Å². The number of amides is 1. The van der Waals surface area contributed by atoms with Gasteiger partial charge in [-0.15, -0.1) is 0 Å². The van der Waals surface area contributed by atoms with Crippen molar-refractivity contribution in [1.82, 2.24) is 9.78 Å². The van der Waals surface area contributed by atoms with Crippen LogP contribution in [0.3, 0.4) is 0 Å². The normalized spacial score (nSPS) is 11.4. The van der Waals surface area contributed by atoms with E-state index in [1.165, 1.54) is 52.2 Å². The standard InChI is InChI=1S/C21H21FN4O4S/c1-14(2)26(18-6-4-5-16(13-18)24-31(3,29)30)21(28)20-19(27)11-12-25(23-20)17-9-7-15(22)8-10-17/h4-14,24H,1-3H3. The van der Waals surface area contributed by atoms with Crippen LogP contribution in [0.15, 0.2) is 65.6 Å². The van der Waals surface area contributed by atoms with Crippen molar-refractivity contribution in [2.45, 2.75) is 19.9 Å². The minimum atomic E-state index is -3.50. The van der Waals surface area contributed by atoms with Gasteiger partial charge in [-0.2, -0.15) is 5.10 Å². The SMILES string of the molecule is CC(C)N(C(=O)c1nn(-c2ccc(F)cc2)ccc1=O)c1cccc(NS(C)(=O)=O)c1. The van der Waals surface area contributed by atoms with Gasteiger partial charge in [0.25, 0.3) is 5.91 Å². The fraction of sp³-hybridized carbons (Fsp3) is 0.190.